The number of hydrogen-bond acceptors (Lipinski definition) is 3. The van der Waals surface area contributed by atoms with Gasteiger partial charge in [0, 0.05) is 29.1 Å². The lowest BCUT2D eigenvalue weighted by Gasteiger charge is -2.15. The minimum atomic E-state index is 0.698. The van der Waals surface area contributed by atoms with Gasteiger partial charge in [0.25, 0.3) is 0 Å². The molecule has 232 valence electrons. The standard InChI is InChI=1S/C47H29N3/c1-2-11-39-31(6-1)7-4-12-40(39)32-15-21-37(22-16-32)47-49-43(33-17-13-30(14-18-33)38-10-5-27-48-29-38)28-44(50-47)41-25-23-36-20-19-34-8-3-9-35-24-26-42(41)46(36)45(34)35/h1-29H. The van der Waals surface area contributed by atoms with Gasteiger partial charge in [-0.15, -0.1) is 0 Å². The molecule has 3 heteroatoms. The highest BCUT2D eigenvalue weighted by Gasteiger charge is 2.16. The van der Waals surface area contributed by atoms with Crippen molar-refractivity contribution < 1.29 is 0 Å². The van der Waals surface area contributed by atoms with E-state index < -0.39 is 0 Å². The summed E-state index contributed by atoms with van der Waals surface area (Å²) in [6.07, 6.45) is 3.70. The summed E-state index contributed by atoms with van der Waals surface area (Å²) in [5.74, 6) is 0.698. The van der Waals surface area contributed by atoms with Gasteiger partial charge in [0.05, 0.1) is 11.4 Å². The molecule has 10 aromatic rings. The van der Waals surface area contributed by atoms with E-state index >= 15 is 0 Å². The SMILES string of the molecule is c1cncc(-c2ccc(-c3cc(-c4ccc5ccc6cccc7ccc4c5c67)nc(-c4ccc(-c5cccc6ccccc56)cc4)n3)cc2)c1. The average molecular weight is 636 g/mol. The van der Waals surface area contributed by atoms with Crippen LogP contribution in [-0.2, 0) is 0 Å². The van der Waals surface area contributed by atoms with Crippen molar-refractivity contribution in [2.24, 2.45) is 0 Å². The van der Waals surface area contributed by atoms with Crippen molar-refractivity contribution in [3.05, 3.63) is 176 Å². The van der Waals surface area contributed by atoms with Gasteiger partial charge in [0.1, 0.15) is 0 Å². The quantitative estimate of drug-likeness (QED) is 0.177. The lowest BCUT2D eigenvalue weighted by atomic mass is 9.91. The van der Waals surface area contributed by atoms with Crippen molar-refractivity contribution in [2.45, 2.75) is 0 Å². The summed E-state index contributed by atoms with van der Waals surface area (Å²) < 4.78 is 0. The Balaban J connectivity index is 1.14. The lowest BCUT2D eigenvalue weighted by molar-refractivity contribution is 1.19. The minimum Gasteiger partial charge on any atom is -0.264 e. The van der Waals surface area contributed by atoms with Crippen molar-refractivity contribution in [1.82, 2.24) is 15.0 Å². The fraction of sp³-hybridized carbons (Fsp3) is 0. The van der Waals surface area contributed by atoms with Gasteiger partial charge in [0.2, 0.25) is 0 Å². The number of pyridine rings is 1. The molecule has 0 aliphatic carbocycles. The van der Waals surface area contributed by atoms with Crippen LogP contribution in [0.2, 0.25) is 0 Å². The van der Waals surface area contributed by atoms with Crippen molar-refractivity contribution in [3.63, 3.8) is 0 Å². The van der Waals surface area contributed by atoms with E-state index in [0.29, 0.717) is 5.82 Å². The first-order chi connectivity index (χ1) is 24.8. The molecule has 10 rings (SSSR count). The number of fused-ring (bicyclic) bond motifs is 1. The van der Waals surface area contributed by atoms with Gasteiger partial charge >= 0.3 is 0 Å². The summed E-state index contributed by atoms with van der Waals surface area (Å²) in [6, 6.07) is 58.4. The first-order valence-corrected chi connectivity index (χ1v) is 16.9. The molecule has 0 aliphatic rings. The van der Waals surface area contributed by atoms with Crippen molar-refractivity contribution in [3.8, 4) is 56.2 Å². The Morgan fingerprint density at radius 2 is 0.980 bits per heavy atom. The molecule has 0 bridgehead atoms. The average Bonchev–Trinajstić information content (AvgIpc) is 3.20. The van der Waals surface area contributed by atoms with E-state index in [1.807, 2.05) is 12.3 Å². The van der Waals surface area contributed by atoms with E-state index in [2.05, 4.69) is 163 Å². The maximum atomic E-state index is 5.28. The Hall–Kier alpha value is -6.71. The third-order valence-corrected chi connectivity index (χ3v) is 9.95. The summed E-state index contributed by atoms with van der Waals surface area (Å²) in [5, 5.41) is 9.99. The smallest absolute Gasteiger partial charge is 0.160 e. The van der Waals surface area contributed by atoms with Gasteiger partial charge in [-0.1, -0.05) is 152 Å². The zero-order chi connectivity index (χ0) is 33.0. The summed E-state index contributed by atoms with van der Waals surface area (Å²) in [5.41, 5.74) is 9.47. The zero-order valence-corrected chi connectivity index (χ0v) is 27.1. The van der Waals surface area contributed by atoms with Crippen LogP contribution >= 0.6 is 0 Å². The van der Waals surface area contributed by atoms with E-state index in [1.165, 1.54) is 54.2 Å². The van der Waals surface area contributed by atoms with Crippen LogP contribution in [0.5, 0.6) is 0 Å². The molecular formula is C47H29N3. The first-order valence-electron chi connectivity index (χ1n) is 16.9. The summed E-state index contributed by atoms with van der Waals surface area (Å²) >= 11 is 0. The van der Waals surface area contributed by atoms with Gasteiger partial charge in [-0.05, 0) is 77.5 Å². The summed E-state index contributed by atoms with van der Waals surface area (Å²) in [7, 11) is 0. The maximum Gasteiger partial charge on any atom is 0.160 e. The lowest BCUT2D eigenvalue weighted by Crippen LogP contribution is -1.97. The van der Waals surface area contributed by atoms with Crippen LogP contribution in [0.4, 0.5) is 0 Å². The van der Waals surface area contributed by atoms with Gasteiger partial charge in [-0.2, -0.15) is 0 Å². The molecule has 3 nitrogen and oxygen atoms in total. The highest BCUT2D eigenvalue weighted by atomic mass is 14.9. The Morgan fingerprint density at radius 1 is 0.340 bits per heavy atom. The Bertz CT molecular complexity index is 2820. The second-order valence-corrected chi connectivity index (χ2v) is 12.9. The highest BCUT2D eigenvalue weighted by Crippen LogP contribution is 2.40. The topological polar surface area (TPSA) is 38.7 Å². The molecule has 0 aliphatic heterocycles. The molecule has 50 heavy (non-hydrogen) atoms. The number of rotatable bonds is 5. The molecule has 0 saturated carbocycles. The maximum absolute atomic E-state index is 5.28. The van der Waals surface area contributed by atoms with E-state index in [1.54, 1.807) is 6.20 Å². The number of benzene rings is 8. The minimum absolute atomic E-state index is 0.698. The van der Waals surface area contributed by atoms with Crippen LogP contribution in [-0.4, -0.2) is 15.0 Å². The Kier molecular flexibility index (Phi) is 6.49. The molecule has 0 spiro atoms. The Labute approximate surface area is 289 Å². The van der Waals surface area contributed by atoms with Gasteiger partial charge < -0.3 is 0 Å². The molecule has 0 fully saturated rings. The van der Waals surface area contributed by atoms with E-state index in [9.17, 15) is 0 Å². The number of aromatic nitrogens is 3. The van der Waals surface area contributed by atoms with Crippen molar-refractivity contribution in [1.29, 1.82) is 0 Å². The molecule has 2 heterocycles. The molecular weight excluding hydrogens is 607 g/mol. The molecule has 0 unspecified atom stereocenters. The molecule has 8 aromatic carbocycles. The summed E-state index contributed by atoms with van der Waals surface area (Å²) in [4.78, 5) is 14.8. The second kappa shape index (κ2) is 11.5. The van der Waals surface area contributed by atoms with Gasteiger partial charge in [-0.25, -0.2) is 9.97 Å². The van der Waals surface area contributed by atoms with Crippen LogP contribution in [0, 0.1) is 0 Å². The third kappa shape index (κ3) is 4.71. The van der Waals surface area contributed by atoms with Crippen molar-refractivity contribution >= 4 is 43.1 Å². The molecule has 2 aromatic heterocycles. The van der Waals surface area contributed by atoms with Gasteiger partial charge in [-0.3, -0.25) is 4.98 Å². The van der Waals surface area contributed by atoms with E-state index in [4.69, 9.17) is 9.97 Å². The number of hydrogen-bond donors (Lipinski definition) is 0. The summed E-state index contributed by atoms with van der Waals surface area (Å²) in [6.45, 7) is 0. The van der Waals surface area contributed by atoms with Crippen LogP contribution < -0.4 is 0 Å². The van der Waals surface area contributed by atoms with Crippen LogP contribution in [0.1, 0.15) is 0 Å². The van der Waals surface area contributed by atoms with Crippen LogP contribution in [0.15, 0.2) is 176 Å². The van der Waals surface area contributed by atoms with Crippen LogP contribution in [0.25, 0.3) is 99.2 Å². The highest BCUT2D eigenvalue weighted by molar-refractivity contribution is 6.25. The zero-order valence-electron chi connectivity index (χ0n) is 27.1. The van der Waals surface area contributed by atoms with Crippen molar-refractivity contribution in [2.75, 3.05) is 0 Å². The monoisotopic (exact) mass is 635 g/mol. The fourth-order valence-corrected chi connectivity index (χ4v) is 7.46. The molecule has 0 saturated heterocycles. The molecule has 0 atom stereocenters. The predicted octanol–water partition coefficient (Wildman–Crippen LogP) is 12.3. The van der Waals surface area contributed by atoms with Gasteiger partial charge in [0.15, 0.2) is 5.82 Å². The first kappa shape index (κ1) is 28.3. The molecule has 0 radical (unpaired) electrons. The van der Waals surface area contributed by atoms with E-state index in [-0.39, 0.29) is 0 Å². The second-order valence-electron chi connectivity index (χ2n) is 12.9. The normalized spacial score (nSPS) is 11.6. The Morgan fingerprint density at radius 3 is 1.80 bits per heavy atom. The predicted molar refractivity (Wildman–Crippen MR) is 208 cm³/mol. The molecule has 0 amide bonds. The number of nitrogens with zero attached hydrogens (tertiary/aromatic N) is 3. The molecule has 0 N–H and O–H groups in total. The van der Waals surface area contributed by atoms with E-state index in [0.717, 1.165) is 39.2 Å². The third-order valence-electron chi connectivity index (χ3n) is 9.95. The fourth-order valence-electron chi connectivity index (χ4n) is 7.46. The van der Waals surface area contributed by atoms with Crippen LogP contribution in [0.3, 0.4) is 0 Å². The largest absolute Gasteiger partial charge is 0.264 e.